The number of benzene rings is 1. The molecule has 112 valence electrons. The molecule has 2 rings (SSSR count). The Labute approximate surface area is 128 Å². The maximum absolute atomic E-state index is 11.5. The van der Waals surface area contributed by atoms with E-state index in [4.69, 9.17) is 14.7 Å². The fraction of sp³-hybridized carbons (Fsp3) is 0.188. The van der Waals surface area contributed by atoms with Crippen LogP contribution in [-0.4, -0.2) is 24.2 Å². The smallest absolute Gasteiger partial charge is 0.407 e. The van der Waals surface area contributed by atoms with Crippen LogP contribution in [0, 0.1) is 11.3 Å². The van der Waals surface area contributed by atoms with Crippen molar-refractivity contribution in [2.75, 3.05) is 13.2 Å². The highest BCUT2D eigenvalue weighted by Crippen LogP contribution is 2.06. The van der Waals surface area contributed by atoms with Crippen LogP contribution in [-0.2, 0) is 11.3 Å². The Balaban J connectivity index is 1.61. The molecule has 0 bridgehead atoms. The summed E-state index contributed by atoms with van der Waals surface area (Å²) in [5.41, 5.74) is 1.39. The Morgan fingerprint density at radius 2 is 2.05 bits per heavy atom. The fourth-order valence-electron chi connectivity index (χ4n) is 1.61. The van der Waals surface area contributed by atoms with Gasteiger partial charge < -0.3 is 14.8 Å². The Bertz CT molecular complexity index is 636. The maximum Gasteiger partial charge on any atom is 0.407 e. The van der Waals surface area contributed by atoms with Gasteiger partial charge in [-0.3, -0.25) is 0 Å². The van der Waals surface area contributed by atoms with E-state index in [-0.39, 0.29) is 13.2 Å². The van der Waals surface area contributed by atoms with E-state index >= 15 is 0 Å². The summed E-state index contributed by atoms with van der Waals surface area (Å²) in [7, 11) is 0. The lowest BCUT2D eigenvalue weighted by molar-refractivity contribution is 0.137. The number of pyridine rings is 1. The molecule has 6 heteroatoms. The van der Waals surface area contributed by atoms with Gasteiger partial charge in [-0.05, 0) is 11.6 Å². The van der Waals surface area contributed by atoms with Gasteiger partial charge in [-0.15, -0.1) is 0 Å². The van der Waals surface area contributed by atoms with Crippen LogP contribution in [0.15, 0.2) is 48.7 Å². The van der Waals surface area contributed by atoms with Crippen molar-refractivity contribution in [3.05, 3.63) is 59.8 Å². The number of carbonyl (C=O) groups is 1. The van der Waals surface area contributed by atoms with E-state index < -0.39 is 6.09 Å². The van der Waals surface area contributed by atoms with Gasteiger partial charge >= 0.3 is 6.09 Å². The number of nitrogens with zero attached hydrogens (tertiary/aromatic N) is 2. The van der Waals surface area contributed by atoms with Crippen molar-refractivity contribution in [2.45, 2.75) is 6.61 Å². The average molecular weight is 297 g/mol. The maximum atomic E-state index is 11.5. The van der Waals surface area contributed by atoms with Gasteiger partial charge in [-0.1, -0.05) is 30.3 Å². The molecule has 1 heterocycles. The van der Waals surface area contributed by atoms with Gasteiger partial charge in [0, 0.05) is 12.3 Å². The average Bonchev–Trinajstić information content (AvgIpc) is 2.58. The molecule has 0 radical (unpaired) electrons. The molecule has 6 nitrogen and oxygen atoms in total. The van der Waals surface area contributed by atoms with E-state index in [1.54, 1.807) is 12.1 Å². The first-order valence-corrected chi connectivity index (χ1v) is 6.71. The third kappa shape index (κ3) is 5.13. The predicted molar refractivity (Wildman–Crippen MR) is 79.1 cm³/mol. The predicted octanol–water partition coefficient (Wildman–Crippen LogP) is 2.26. The van der Waals surface area contributed by atoms with Gasteiger partial charge in [-0.25, -0.2) is 9.78 Å². The third-order valence-electron chi connectivity index (χ3n) is 2.70. The second-order valence-corrected chi connectivity index (χ2v) is 4.33. The fourth-order valence-corrected chi connectivity index (χ4v) is 1.61. The largest absolute Gasteiger partial charge is 0.476 e. The van der Waals surface area contributed by atoms with Crippen molar-refractivity contribution in [1.29, 1.82) is 5.26 Å². The number of aromatic nitrogens is 1. The van der Waals surface area contributed by atoms with Crippen molar-refractivity contribution in [1.82, 2.24) is 10.3 Å². The molecule has 0 saturated carbocycles. The number of hydrogen-bond acceptors (Lipinski definition) is 5. The molecule has 2 aromatic rings. The van der Waals surface area contributed by atoms with Crippen LogP contribution in [0.25, 0.3) is 0 Å². The highest BCUT2D eigenvalue weighted by atomic mass is 16.5. The highest BCUT2D eigenvalue weighted by molar-refractivity contribution is 5.67. The molecule has 1 N–H and O–H groups in total. The Hall–Kier alpha value is -3.07. The van der Waals surface area contributed by atoms with Crippen LogP contribution >= 0.6 is 0 Å². The molecule has 1 aromatic carbocycles. The molecule has 22 heavy (non-hydrogen) atoms. The van der Waals surface area contributed by atoms with Crippen LogP contribution in [0.4, 0.5) is 4.79 Å². The number of ether oxygens (including phenoxy) is 2. The van der Waals surface area contributed by atoms with E-state index in [0.717, 1.165) is 5.56 Å². The molecule has 0 saturated heterocycles. The summed E-state index contributed by atoms with van der Waals surface area (Å²) in [4.78, 5) is 15.4. The number of rotatable bonds is 6. The van der Waals surface area contributed by atoms with Crippen LogP contribution in [0.3, 0.4) is 0 Å². The molecule has 1 aromatic heterocycles. The molecule has 0 aliphatic heterocycles. The lowest BCUT2D eigenvalue weighted by atomic mass is 10.2. The van der Waals surface area contributed by atoms with E-state index in [1.807, 2.05) is 36.4 Å². The first-order chi connectivity index (χ1) is 10.8. The van der Waals surface area contributed by atoms with Crippen LogP contribution in [0.1, 0.15) is 11.1 Å². The quantitative estimate of drug-likeness (QED) is 0.827. The zero-order valence-corrected chi connectivity index (χ0v) is 11.9. The molecule has 1 amide bonds. The third-order valence-corrected chi connectivity index (χ3v) is 2.70. The minimum Gasteiger partial charge on any atom is -0.476 e. The van der Waals surface area contributed by atoms with Gasteiger partial charge in [-0.2, -0.15) is 5.26 Å². The summed E-state index contributed by atoms with van der Waals surface area (Å²) >= 11 is 0. The van der Waals surface area contributed by atoms with Crippen molar-refractivity contribution < 1.29 is 14.3 Å². The molecule has 0 aliphatic rings. The number of alkyl carbamates (subject to hydrolysis) is 1. The monoisotopic (exact) mass is 297 g/mol. The number of amides is 1. The van der Waals surface area contributed by atoms with Crippen LogP contribution in [0.5, 0.6) is 5.88 Å². The number of nitriles is 1. The van der Waals surface area contributed by atoms with Gasteiger partial charge in [0.25, 0.3) is 0 Å². The Morgan fingerprint density at radius 1 is 1.23 bits per heavy atom. The number of hydrogen-bond donors (Lipinski definition) is 1. The molecule has 0 spiro atoms. The topological polar surface area (TPSA) is 84.2 Å². The second kappa shape index (κ2) is 8.27. The van der Waals surface area contributed by atoms with Gasteiger partial charge in [0.1, 0.15) is 19.3 Å². The summed E-state index contributed by atoms with van der Waals surface area (Å²) < 4.78 is 10.4. The van der Waals surface area contributed by atoms with Crippen LogP contribution in [0.2, 0.25) is 0 Å². The molecule has 0 unspecified atom stereocenters. The lowest BCUT2D eigenvalue weighted by Crippen LogP contribution is -2.28. The summed E-state index contributed by atoms with van der Waals surface area (Å²) in [5, 5.41) is 11.2. The van der Waals surface area contributed by atoms with Crippen molar-refractivity contribution in [3.63, 3.8) is 0 Å². The molecular weight excluding hydrogens is 282 g/mol. The van der Waals surface area contributed by atoms with Crippen molar-refractivity contribution in [2.24, 2.45) is 0 Å². The molecular formula is C16H15N3O3. The van der Waals surface area contributed by atoms with Gasteiger partial charge in [0.05, 0.1) is 12.1 Å². The standard InChI is InChI=1S/C16H15N3O3/c17-10-14-6-7-15(19-11-14)21-9-8-18-16(20)22-12-13-4-2-1-3-5-13/h1-7,11H,8-9,12H2,(H,18,20). The number of nitrogens with one attached hydrogen (secondary N) is 1. The zero-order valence-electron chi connectivity index (χ0n) is 11.9. The summed E-state index contributed by atoms with van der Waals surface area (Å²) in [6, 6.07) is 14.6. The van der Waals surface area contributed by atoms with Gasteiger partial charge in [0.15, 0.2) is 0 Å². The van der Waals surface area contributed by atoms with E-state index in [0.29, 0.717) is 18.0 Å². The zero-order chi connectivity index (χ0) is 15.6. The van der Waals surface area contributed by atoms with E-state index in [1.165, 1.54) is 6.20 Å². The van der Waals surface area contributed by atoms with Crippen molar-refractivity contribution in [3.8, 4) is 11.9 Å². The number of carbonyl (C=O) groups excluding carboxylic acids is 1. The lowest BCUT2D eigenvalue weighted by Gasteiger charge is -2.08. The summed E-state index contributed by atoms with van der Waals surface area (Å²) in [6.45, 7) is 0.791. The van der Waals surface area contributed by atoms with E-state index in [2.05, 4.69) is 10.3 Å². The van der Waals surface area contributed by atoms with Gasteiger partial charge in [0.2, 0.25) is 5.88 Å². The first kappa shape index (κ1) is 15.3. The summed E-state index contributed by atoms with van der Waals surface area (Å²) in [5.74, 6) is 0.401. The first-order valence-electron chi connectivity index (χ1n) is 6.71. The Morgan fingerprint density at radius 3 is 2.73 bits per heavy atom. The summed E-state index contributed by atoms with van der Waals surface area (Å²) in [6.07, 6.45) is 0.928. The second-order valence-electron chi connectivity index (χ2n) is 4.33. The minimum absolute atomic E-state index is 0.227. The van der Waals surface area contributed by atoms with E-state index in [9.17, 15) is 4.79 Å². The highest BCUT2D eigenvalue weighted by Gasteiger charge is 2.02. The SMILES string of the molecule is N#Cc1ccc(OCCNC(=O)OCc2ccccc2)nc1. The van der Waals surface area contributed by atoms with Crippen molar-refractivity contribution >= 4 is 6.09 Å². The molecule has 0 aliphatic carbocycles. The normalized spacial score (nSPS) is 9.59. The Kier molecular flexibility index (Phi) is 5.76. The van der Waals surface area contributed by atoms with Crippen LogP contribution < -0.4 is 10.1 Å². The molecule has 0 fully saturated rings. The minimum atomic E-state index is -0.500. The molecule has 0 atom stereocenters.